The molecular formula is C18H28N2O3. The minimum absolute atomic E-state index is 0.0517. The zero-order valence-electron chi connectivity index (χ0n) is 14.0. The molecule has 2 N–H and O–H groups in total. The number of carbonyl (C=O) groups excluding carboxylic acids is 1. The Kier molecular flexibility index (Phi) is 7.52. The predicted molar refractivity (Wildman–Crippen MR) is 89.9 cm³/mol. The Bertz CT molecular complexity index is 474. The number of methoxy groups -OCH3 is 1. The van der Waals surface area contributed by atoms with Gasteiger partial charge in [-0.15, -0.1) is 0 Å². The number of piperidine rings is 1. The average molecular weight is 320 g/mol. The van der Waals surface area contributed by atoms with Crippen molar-refractivity contribution in [2.45, 2.75) is 44.9 Å². The molecule has 1 aromatic rings. The number of amides is 1. The Hall–Kier alpha value is -1.43. The molecule has 1 amide bonds. The van der Waals surface area contributed by atoms with Gasteiger partial charge >= 0.3 is 0 Å². The van der Waals surface area contributed by atoms with Crippen molar-refractivity contribution in [3.63, 3.8) is 0 Å². The summed E-state index contributed by atoms with van der Waals surface area (Å²) in [5, 5.41) is 12.1. The SMILES string of the molecule is COCc1ccc(CNC(=O)CN2CCCCC2CCO)cc1. The van der Waals surface area contributed by atoms with Gasteiger partial charge in [-0.2, -0.15) is 0 Å². The quantitative estimate of drug-likeness (QED) is 0.765. The zero-order valence-corrected chi connectivity index (χ0v) is 14.0. The molecule has 1 unspecified atom stereocenters. The van der Waals surface area contributed by atoms with E-state index in [9.17, 15) is 4.79 Å². The molecule has 0 spiro atoms. The number of ether oxygens (including phenoxy) is 1. The maximum absolute atomic E-state index is 12.2. The first-order chi connectivity index (χ1) is 11.2. The van der Waals surface area contributed by atoms with Gasteiger partial charge in [-0.25, -0.2) is 0 Å². The van der Waals surface area contributed by atoms with Gasteiger partial charge in [-0.05, 0) is 36.9 Å². The van der Waals surface area contributed by atoms with Gasteiger partial charge in [0.05, 0.1) is 13.2 Å². The van der Waals surface area contributed by atoms with Crippen LogP contribution in [0.1, 0.15) is 36.8 Å². The van der Waals surface area contributed by atoms with Crippen LogP contribution >= 0.6 is 0 Å². The van der Waals surface area contributed by atoms with Crippen molar-refractivity contribution in [3.05, 3.63) is 35.4 Å². The second-order valence-corrected chi connectivity index (χ2v) is 6.16. The summed E-state index contributed by atoms with van der Waals surface area (Å²) >= 11 is 0. The Labute approximate surface area is 138 Å². The third kappa shape index (κ3) is 5.94. The van der Waals surface area contributed by atoms with Crippen LogP contribution in [0.2, 0.25) is 0 Å². The van der Waals surface area contributed by atoms with E-state index < -0.39 is 0 Å². The van der Waals surface area contributed by atoms with E-state index in [0.717, 1.165) is 36.9 Å². The van der Waals surface area contributed by atoms with Crippen LogP contribution in [0.4, 0.5) is 0 Å². The number of aliphatic hydroxyl groups excluding tert-OH is 1. The largest absolute Gasteiger partial charge is 0.396 e. The number of hydrogen-bond acceptors (Lipinski definition) is 4. The molecule has 1 heterocycles. The molecule has 1 aliphatic heterocycles. The van der Waals surface area contributed by atoms with Crippen LogP contribution in [0.3, 0.4) is 0 Å². The number of rotatable bonds is 8. The van der Waals surface area contributed by atoms with E-state index in [4.69, 9.17) is 9.84 Å². The molecule has 5 nitrogen and oxygen atoms in total. The smallest absolute Gasteiger partial charge is 0.234 e. The molecule has 0 aliphatic carbocycles. The fourth-order valence-electron chi connectivity index (χ4n) is 3.11. The first kappa shape index (κ1) is 17.9. The Morgan fingerprint density at radius 2 is 2.04 bits per heavy atom. The number of nitrogens with zero attached hydrogens (tertiary/aromatic N) is 1. The summed E-state index contributed by atoms with van der Waals surface area (Å²) in [6.45, 7) is 2.71. The van der Waals surface area contributed by atoms with Gasteiger partial charge in [0, 0.05) is 26.3 Å². The van der Waals surface area contributed by atoms with E-state index in [1.807, 2.05) is 24.3 Å². The van der Waals surface area contributed by atoms with Gasteiger partial charge in [-0.1, -0.05) is 30.7 Å². The summed E-state index contributed by atoms with van der Waals surface area (Å²) in [7, 11) is 1.68. The van der Waals surface area contributed by atoms with Crippen LogP contribution < -0.4 is 5.32 Å². The first-order valence-electron chi connectivity index (χ1n) is 8.41. The third-order valence-corrected chi connectivity index (χ3v) is 4.38. The average Bonchev–Trinajstić information content (AvgIpc) is 2.57. The summed E-state index contributed by atoms with van der Waals surface area (Å²) in [4.78, 5) is 14.4. The second kappa shape index (κ2) is 9.65. The number of nitrogens with one attached hydrogen (secondary N) is 1. The molecule has 0 bridgehead atoms. The lowest BCUT2D eigenvalue weighted by atomic mass is 10.00. The topological polar surface area (TPSA) is 61.8 Å². The molecule has 0 aromatic heterocycles. The second-order valence-electron chi connectivity index (χ2n) is 6.16. The molecular weight excluding hydrogens is 292 g/mol. The van der Waals surface area contributed by atoms with Crippen LogP contribution in [0.5, 0.6) is 0 Å². The number of hydrogen-bond donors (Lipinski definition) is 2. The fourth-order valence-corrected chi connectivity index (χ4v) is 3.11. The molecule has 128 valence electrons. The molecule has 1 aliphatic rings. The molecule has 0 radical (unpaired) electrons. The van der Waals surface area contributed by atoms with Crippen molar-refractivity contribution in [2.75, 3.05) is 26.8 Å². The molecule has 2 rings (SSSR count). The monoisotopic (exact) mass is 320 g/mol. The molecule has 1 aromatic carbocycles. The van der Waals surface area contributed by atoms with Crippen molar-refractivity contribution >= 4 is 5.91 Å². The maximum Gasteiger partial charge on any atom is 0.234 e. The van der Waals surface area contributed by atoms with Crippen molar-refractivity contribution in [3.8, 4) is 0 Å². The highest BCUT2D eigenvalue weighted by molar-refractivity contribution is 5.78. The molecule has 1 atom stereocenters. The van der Waals surface area contributed by atoms with Crippen molar-refractivity contribution in [1.29, 1.82) is 0 Å². The van der Waals surface area contributed by atoms with E-state index in [1.54, 1.807) is 7.11 Å². The van der Waals surface area contributed by atoms with Crippen LogP contribution in [0.25, 0.3) is 0 Å². The Morgan fingerprint density at radius 1 is 1.30 bits per heavy atom. The van der Waals surface area contributed by atoms with Gasteiger partial charge in [0.15, 0.2) is 0 Å². The summed E-state index contributed by atoms with van der Waals surface area (Å²) in [5.74, 6) is 0.0517. The van der Waals surface area contributed by atoms with Crippen LogP contribution in [-0.2, 0) is 22.7 Å². The van der Waals surface area contributed by atoms with E-state index in [2.05, 4.69) is 10.2 Å². The normalized spacial score (nSPS) is 18.8. The highest BCUT2D eigenvalue weighted by Crippen LogP contribution is 2.18. The van der Waals surface area contributed by atoms with E-state index in [0.29, 0.717) is 25.7 Å². The van der Waals surface area contributed by atoms with Crippen LogP contribution in [0, 0.1) is 0 Å². The van der Waals surface area contributed by atoms with Crippen molar-refractivity contribution in [1.82, 2.24) is 10.2 Å². The first-order valence-corrected chi connectivity index (χ1v) is 8.41. The van der Waals surface area contributed by atoms with Gasteiger partial charge in [0.25, 0.3) is 0 Å². The summed E-state index contributed by atoms with van der Waals surface area (Å²) in [5.41, 5.74) is 2.21. The van der Waals surface area contributed by atoms with Gasteiger partial charge < -0.3 is 15.2 Å². The van der Waals surface area contributed by atoms with E-state index in [-0.39, 0.29) is 12.5 Å². The number of likely N-dealkylation sites (tertiary alicyclic amines) is 1. The lowest BCUT2D eigenvalue weighted by Gasteiger charge is -2.34. The Morgan fingerprint density at radius 3 is 2.74 bits per heavy atom. The van der Waals surface area contributed by atoms with E-state index in [1.165, 1.54) is 6.42 Å². The lowest BCUT2D eigenvalue weighted by molar-refractivity contribution is -0.123. The van der Waals surface area contributed by atoms with Crippen molar-refractivity contribution < 1.29 is 14.6 Å². The maximum atomic E-state index is 12.2. The predicted octanol–water partition coefficient (Wildman–Crippen LogP) is 1.69. The van der Waals surface area contributed by atoms with Crippen molar-refractivity contribution in [2.24, 2.45) is 0 Å². The van der Waals surface area contributed by atoms with Gasteiger partial charge in [0.2, 0.25) is 5.91 Å². The summed E-state index contributed by atoms with van der Waals surface area (Å²) in [6.07, 6.45) is 4.16. The molecule has 23 heavy (non-hydrogen) atoms. The third-order valence-electron chi connectivity index (χ3n) is 4.38. The highest BCUT2D eigenvalue weighted by Gasteiger charge is 2.23. The standard InChI is InChI=1S/C18H28N2O3/c1-23-14-16-7-5-15(6-8-16)12-19-18(22)13-20-10-3-2-4-17(20)9-11-21/h5-8,17,21H,2-4,9-14H2,1H3,(H,19,22). The summed E-state index contributed by atoms with van der Waals surface area (Å²) in [6, 6.07) is 8.42. The minimum atomic E-state index is 0.0517. The lowest BCUT2D eigenvalue weighted by Crippen LogP contribution is -2.45. The Balaban J connectivity index is 1.77. The molecule has 5 heteroatoms. The van der Waals surface area contributed by atoms with Crippen LogP contribution in [0.15, 0.2) is 24.3 Å². The number of benzene rings is 1. The summed E-state index contributed by atoms with van der Waals surface area (Å²) < 4.78 is 5.09. The number of carbonyl (C=O) groups is 1. The van der Waals surface area contributed by atoms with Gasteiger partial charge in [0.1, 0.15) is 0 Å². The fraction of sp³-hybridized carbons (Fsp3) is 0.611. The molecule has 1 fully saturated rings. The zero-order chi connectivity index (χ0) is 16.5. The highest BCUT2D eigenvalue weighted by atomic mass is 16.5. The van der Waals surface area contributed by atoms with Crippen LogP contribution in [-0.4, -0.2) is 48.8 Å². The molecule has 1 saturated heterocycles. The minimum Gasteiger partial charge on any atom is -0.396 e. The van der Waals surface area contributed by atoms with Gasteiger partial charge in [-0.3, -0.25) is 9.69 Å². The van der Waals surface area contributed by atoms with E-state index >= 15 is 0 Å². The number of aliphatic hydroxyl groups is 1. The molecule has 0 saturated carbocycles.